The number of halogens is 1. The van der Waals surface area contributed by atoms with Crippen molar-refractivity contribution in [2.45, 2.75) is 0 Å². The normalized spacial score (nSPS) is 11.5. The first-order chi connectivity index (χ1) is 14.8. The summed E-state index contributed by atoms with van der Waals surface area (Å²) in [7, 11) is 0. The van der Waals surface area contributed by atoms with Crippen LogP contribution in [0.1, 0.15) is 0 Å². The second-order valence-corrected chi connectivity index (χ2v) is 7.92. The summed E-state index contributed by atoms with van der Waals surface area (Å²) in [6, 6.07) is 35.6. The van der Waals surface area contributed by atoms with Crippen LogP contribution in [0, 0.1) is 0 Å². The van der Waals surface area contributed by atoms with E-state index in [1.54, 1.807) is 0 Å². The van der Waals surface area contributed by atoms with Crippen LogP contribution >= 0.6 is 11.6 Å². The fourth-order valence-corrected chi connectivity index (χ4v) is 4.52. The van der Waals surface area contributed by atoms with Gasteiger partial charge in [-0.3, -0.25) is 0 Å². The van der Waals surface area contributed by atoms with E-state index in [2.05, 4.69) is 72.8 Å². The van der Waals surface area contributed by atoms with Crippen molar-refractivity contribution in [3.8, 4) is 22.3 Å². The van der Waals surface area contributed by atoms with E-state index in [-0.39, 0.29) is 0 Å². The van der Waals surface area contributed by atoms with Crippen LogP contribution in [0.5, 0.6) is 0 Å². The molecule has 6 rings (SSSR count). The van der Waals surface area contributed by atoms with Crippen molar-refractivity contribution in [3.63, 3.8) is 0 Å². The van der Waals surface area contributed by atoms with Gasteiger partial charge in [-0.15, -0.1) is 0 Å². The van der Waals surface area contributed by atoms with Crippen LogP contribution in [-0.2, 0) is 0 Å². The first-order valence-corrected chi connectivity index (χ1v) is 10.4. The molecule has 0 fully saturated rings. The third-order valence-corrected chi connectivity index (χ3v) is 6.08. The molecule has 0 saturated carbocycles. The number of benzene rings is 5. The fourth-order valence-electron chi connectivity index (χ4n) is 4.27. The van der Waals surface area contributed by atoms with E-state index in [0.29, 0.717) is 5.02 Å². The zero-order valence-corrected chi connectivity index (χ0v) is 16.9. The smallest absolute Gasteiger partial charge is 0.144 e. The van der Waals surface area contributed by atoms with Gasteiger partial charge in [-0.2, -0.15) is 0 Å². The molecule has 0 bridgehead atoms. The topological polar surface area (TPSA) is 13.1 Å². The standard InChI is InChI=1S/C28H17ClO/c29-25-17-16-23(21-12-10-19(11-13-21)18-6-2-1-3-7-18)28-26(25)24-15-14-20-8-4-5-9-22(20)27(24)30-28/h1-17H. The maximum absolute atomic E-state index is 6.63. The molecule has 0 aliphatic heterocycles. The summed E-state index contributed by atoms with van der Waals surface area (Å²) in [6.07, 6.45) is 0. The highest BCUT2D eigenvalue weighted by molar-refractivity contribution is 6.39. The minimum atomic E-state index is 0.712. The van der Waals surface area contributed by atoms with Crippen molar-refractivity contribution in [1.82, 2.24) is 0 Å². The molecule has 0 atom stereocenters. The number of fused-ring (bicyclic) bond motifs is 5. The van der Waals surface area contributed by atoms with Crippen molar-refractivity contribution in [2.75, 3.05) is 0 Å². The predicted molar refractivity (Wildman–Crippen MR) is 127 cm³/mol. The summed E-state index contributed by atoms with van der Waals surface area (Å²) in [5, 5.41) is 5.00. The average Bonchev–Trinajstić information content (AvgIpc) is 3.21. The van der Waals surface area contributed by atoms with Crippen LogP contribution in [0.25, 0.3) is 55.0 Å². The zero-order chi connectivity index (χ0) is 20.1. The minimum absolute atomic E-state index is 0.712. The SMILES string of the molecule is Clc1ccc(-c2ccc(-c3ccccc3)cc2)c2oc3c4ccccc4ccc3c12. The number of rotatable bonds is 2. The second kappa shape index (κ2) is 6.76. The van der Waals surface area contributed by atoms with E-state index < -0.39 is 0 Å². The first kappa shape index (κ1) is 17.3. The highest BCUT2D eigenvalue weighted by atomic mass is 35.5. The van der Waals surface area contributed by atoms with Gasteiger partial charge in [-0.05, 0) is 40.3 Å². The summed E-state index contributed by atoms with van der Waals surface area (Å²) < 4.78 is 6.46. The molecule has 1 nitrogen and oxygen atoms in total. The minimum Gasteiger partial charge on any atom is -0.455 e. The van der Waals surface area contributed by atoms with Crippen molar-refractivity contribution in [3.05, 3.63) is 108 Å². The van der Waals surface area contributed by atoms with Gasteiger partial charge >= 0.3 is 0 Å². The Bertz CT molecular complexity index is 1530. The van der Waals surface area contributed by atoms with Crippen LogP contribution in [0.3, 0.4) is 0 Å². The Labute approximate surface area is 179 Å². The Morgan fingerprint density at radius 1 is 0.500 bits per heavy atom. The van der Waals surface area contributed by atoms with Gasteiger partial charge < -0.3 is 4.42 Å². The molecule has 142 valence electrons. The van der Waals surface area contributed by atoms with Crippen molar-refractivity contribution >= 4 is 44.3 Å². The van der Waals surface area contributed by atoms with Gasteiger partial charge in [-0.1, -0.05) is 96.5 Å². The first-order valence-electron chi connectivity index (χ1n) is 9.98. The molecule has 1 aromatic heterocycles. The van der Waals surface area contributed by atoms with Crippen LogP contribution in [0.2, 0.25) is 5.02 Å². The Hall–Kier alpha value is -3.55. The van der Waals surface area contributed by atoms with Gasteiger partial charge in [0.25, 0.3) is 0 Å². The lowest BCUT2D eigenvalue weighted by atomic mass is 9.98. The summed E-state index contributed by atoms with van der Waals surface area (Å²) in [6.45, 7) is 0. The molecule has 5 aromatic carbocycles. The molecular weight excluding hydrogens is 388 g/mol. The van der Waals surface area contributed by atoms with Gasteiger partial charge in [0.1, 0.15) is 11.2 Å². The molecule has 1 heterocycles. The third-order valence-electron chi connectivity index (χ3n) is 5.76. The molecular formula is C28H17ClO. The predicted octanol–water partition coefficient (Wildman–Crippen LogP) is 8.73. The van der Waals surface area contributed by atoms with Gasteiger partial charge in [-0.25, -0.2) is 0 Å². The quantitative estimate of drug-likeness (QED) is 0.281. The third kappa shape index (κ3) is 2.63. The van der Waals surface area contributed by atoms with Gasteiger partial charge in [0.2, 0.25) is 0 Å². The lowest BCUT2D eigenvalue weighted by Gasteiger charge is -2.06. The summed E-state index contributed by atoms with van der Waals surface area (Å²) >= 11 is 6.63. The average molecular weight is 405 g/mol. The van der Waals surface area contributed by atoms with Gasteiger partial charge in [0.15, 0.2) is 0 Å². The molecule has 6 aromatic rings. The lowest BCUT2D eigenvalue weighted by molar-refractivity contribution is 0.674. The highest BCUT2D eigenvalue weighted by Gasteiger charge is 2.17. The van der Waals surface area contributed by atoms with Gasteiger partial charge in [0.05, 0.1) is 5.02 Å². The maximum atomic E-state index is 6.63. The fraction of sp³-hybridized carbons (Fsp3) is 0. The Morgan fingerprint density at radius 2 is 1.20 bits per heavy atom. The Morgan fingerprint density at radius 3 is 2.03 bits per heavy atom. The largest absolute Gasteiger partial charge is 0.455 e. The molecule has 2 heteroatoms. The van der Waals surface area contributed by atoms with E-state index in [1.807, 2.05) is 30.3 Å². The van der Waals surface area contributed by atoms with E-state index in [0.717, 1.165) is 43.8 Å². The zero-order valence-electron chi connectivity index (χ0n) is 16.1. The molecule has 0 radical (unpaired) electrons. The molecule has 0 unspecified atom stereocenters. The Kier molecular flexibility index (Phi) is 3.90. The van der Waals surface area contributed by atoms with Crippen LogP contribution in [0.4, 0.5) is 0 Å². The number of hydrogen-bond donors (Lipinski definition) is 0. The van der Waals surface area contributed by atoms with Crippen molar-refractivity contribution in [1.29, 1.82) is 0 Å². The Balaban J connectivity index is 1.58. The van der Waals surface area contributed by atoms with Crippen LogP contribution < -0.4 is 0 Å². The van der Waals surface area contributed by atoms with E-state index in [4.69, 9.17) is 16.0 Å². The molecule has 0 aliphatic carbocycles. The molecule has 0 N–H and O–H groups in total. The van der Waals surface area contributed by atoms with Crippen molar-refractivity contribution in [2.24, 2.45) is 0 Å². The van der Waals surface area contributed by atoms with Gasteiger partial charge in [0, 0.05) is 21.7 Å². The molecule has 0 spiro atoms. The lowest BCUT2D eigenvalue weighted by Crippen LogP contribution is -1.82. The summed E-state index contributed by atoms with van der Waals surface area (Å²) in [4.78, 5) is 0. The monoisotopic (exact) mass is 404 g/mol. The van der Waals surface area contributed by atoms with Crippen molar-refractivity contribution < 1.29 is 4.42 Å². The second-order valence-electron chi connectivity index (χ2n) is 7.51. The van der Waals surface area contributed by atoms with E-state index in [9.17, 15) is 0 Å². The summed E-state index contributed by atoms with van der Waals surface area (Å²) in [5.74, 6) is 0. The number of furan rings is 1. The van der Waals surface area contributed by atoms with Crippen LogP contribution in [0.15, 0.2) is 108 Å². The molecule has 0 aliphatic rings. The maximum Gasteiger partial charge on any atom is 0.144 e. The molecule has 30 heavy (non-hydrogen) atoms. The van der Waals surface area contributed by atoms with E-state index in [1.165, 1.54) is 11.1 Å². The molecule has 0 saturated heterocycles. The number of hydrogen-bond acceptors (Lipinski definition) is 1. The van der Waals surface area contributed by atoms with Crippen LogP contribution in [-0.4, -0.2) is 0 Å². The molecule has 0 amide bonds. The summed E-state index contributed by atoms with van der Waals surface area (Å²) in [5.41, 5.74) is 6.29. The highest BCUT2D eigenvalue weighted by Crippen LogP contribution is 2.42. The van der Waals surface area contributed by atoms with E-state index >= 15 is 0 Å².